The van der Waals surface area contributed by atoms with E-state index in [4.69, 9.17) is 14.2 Å². The topological polar surface area (TPSA) is 89.9 Å². The Morgan fingerprint density at radius 2 is 1.97 bits per heavy atom. The van der Waals surface area contributed by atoms with Crippen LogP contribution in [0.15, 0.2) is 30.5 Å². The number of hydrogen-bond donors (Lipinski definition) is 2. The van der Waals surface area contributed by atoms with Crippen LogP contribution in [0.3, 0.4) is 0 Å². The van der Waals surface area contributed by atoms with Crippen LogP contribution in [-0.2, 0) is 9.47 Å². The van der Waals surface area contributed by atoms with Gasteiger partial charge in [-0.25, -0.2) is 9.78 Å². The van der Waals surface area contributed by atoms with E-state index in [1.54, 1.807) is 6.20 Å². The molecule has 0 radical (unpaired) electrons. The zero-order chi connectivity index (χ0) is 24.7. The summed E-state index contributed by atoms with van der Waals surface area (Å²) >= 11 is 1.22. The van der Waals surface area contributed by atoms with Gasteiger partial charge >= 0.3 is 5.97 Å². The molecule has 1 aliphatic carbocycles. The molecule has 7 nitrogen and oxygen atoms in total. The Bertz CT molecular complexity index is 1030. The van der Waals surface area contributed by atoms with Gasteiger partial charge in [0.05, 0.1) is 23.3 Å². The molecule has 1 saturated heterocycles. The van der Waals surface area contributed by atoms with E-state index in [9.17, 15) is 9.90 Å². The molecule has 4 rings (SSSR count). The molecule has 0 amide bonds. The molecule has 0 atom stereocenters. The second-order valence-electron chi connectivity index (χ2n) is 9.82. The van der Waals surface area contributed by atoms with Crippen molar-refractivity contribution in [1.82, 2.24) is 4.98 Å². The number of carboxylic acids is 1. The lowest BCUT2D eigenvalue weighted by atomic mass is 9.92. The molecule has 8 heteroatoms. The molecular formula is C27H34N2O5S. The van der Waals surface area contributed by atoms with Gasteiger partial charge in [-0.1, -0.05) is 17.9 Å². The van der Waals surface area contributed by atoms with Crippen molar-refractivity contribution in [2.75, 3.05) is 25.1 Å². The van der Waals surface area contributed by atoms with Crippen molar-refractivity contribution in [3.8, 4) is 17.7 Å². The first-order chi connectivity index (χ1) is 16.9. The molecule has 1 saturated carbocycles. The van der Waals surface area contributed by atoms with Crippen molar-refractivity contribution in [3.05, 3.63) is 40.2 Å². The summed E-state index contributed by atoms with van der Waals surface area (Å²) in [5.74, 6) is 6.20. The summed E-state index contributed by atoms with van der Waals surface area (Å²) in [6, 6.07) is 7.73. The summed E-state index contributed by atoms with van der Waals surface area (Å²) in [5, 5.41) is 13.2. The van der Waals surface area contributed by atoms with Crippen LogP contribution in [-0.4, -0.2) is 54.1 Å². The largest absolute Gasteiger partial charge is 0.477 e. The third-order valence-electron chi connectivity index (χ3n) is 6.26. The smallest absolute Gasteiger partial charge is 0.348 e. The van der Waals surface area contributed by atoms with Crippen LogP contribution in [0, 0.1) is 17.3 Å². The van der Waals surface area contributed by atoms with E-state index in [1.165, 1.54) is 11.3 Å². The fourth-order valence-electron chi connectivity index (χ4n) is 4.29. The van der Waals surface area contributed by atoms with E-state index in [-0.39, 0.29) is 23.7 Å². The van der Waals surface area contributed by atoms with Crippen molar-refractivity contribution in [2.24, 2.45) is 5.41 Å². The number of anilines is 1. The van der Waals surface area contributed by atoms with E-state index < -0.39 is 5.97 Å². The zero-order valence-electron chi connectivity index (χ0n) is 20.4. The van der Waals surface area contributed by atoms with Gasteiger partial charge < -0.3 is 24.6 Å². The van der Waals surface area contributed by atoms with Gasteiger partial charge in [-0.15, -0.1) is 11.3 Å². The highest BCUT2D eigenvalue weighted by Crippen LogP contribution is 2.31. The molecule has 0 unspecified atom stereocenters. The van der Waals surface area contributed by atoms with Crippen LogP contribution in [0.4, 0.5) is 5.69 Å². The molecule has 3 heterocycles. The molecule has 2 aliphatic rings. The fraction of sp³-hybridized carbons (Fsp3) is 0.556. The number of nitrogens with one attached hydrogen (secondary N) is 1. The molecule has 2 fully saturated rings. The van der Waals surface area contributed by atoms with Crippen LogP contribution in [0.25, 0.3) is 0 Å². The third-order valence-corrected chi connectivity index (χ3v) is 7.30. The number of thiophene rings is 1. The fourth-order valence-corrected chi connectivity index (χ4v) is 5.10. The number of ether oxygens (including phenoxy) is 3. The maximum Gasteiger partial charge on any atom is 0.348 e. The molecular weight excluding hydrogens is 464 g/mol. The highest BCUT2D eigenvalue weighted by molar-refractivity contribution is 7.15. The molecule has 0 aromatic carbocycles. The monoisotopic (exact) mass is 498 g/mol. The van der Waals surface area contributed by atoms with E-state index in [0.29, 0.717) is 23.1 Å². The van der Waals surface area contributed by atoms with Gasteiger partial charge in [-0.3, -0.25) is 0 Å². The number of carboxylic acid groups (broad SMARTS) is 1. The predicted molar refractivity (Wildman–Crippen MR) is 136 cm³/mol. The number of nitrogens with zero attached hydrogens (tertiary/aromatic N) is 1. The van der Waals surface area contributed by atoms with Gasteiger partial charge in [0.2, 0.25) is 5.88 Å². The van der Waals surface area contributed by atoms with Gasteiger partial charge in [-0.05, 0) is 64.5 Å². The Kier molecular flexibility index (Phi) is 8.66. The average molecular weight is 499 g/mol. The quantitative estimate of drug-likeness (QED) is 0.483. The molecule has 35 heavy (non-hydrogen) atoms. The Balaban J connectivity index is 1.33. The Labute approximate surface area is 211 Å². The van der Waals surface area contributed by atoms with Gasteiger partial charge in [0, 0.05) is 36.9 Å². The summed E-state index contributed by atoms with van der Waals surface area (Å²) in [4.78, 5) is 17.2. The van der Waals surface area contributed by atoms with Crippen molar-refractivity contribution in [3.63, 3.8) is 0 Å². The van der Waals surface area contributed by atoms with Gasteiger partial charge in [-0.2, -0.15) is 0 Å². The van der Waals surface area contributed by atoms with E-state index >= 15 is 0 Å². The molecule has 2 aromatic rings. The van der Waals surface area contributed by atoms with Gasteiger partial charge in [0.1, 0.15) is 11.0 Å². The summed E-state index contributed by atoms with van der Waals surface area (Å²) < 4.78 is 17.4. The normalized spacial score (nSPS) is 21.1. The highest BCUT2D eigenvalue weighted by atomic mass is 32.1. The second kappa shape index (κ2) is 11.9. The van der Waals surface area contributed by atoms with E-state index in [0.717, 1.165) is 56.6 Å². The third kappa shape index (κ3) is 7.69. The number of aromatic nitrogens is 1. The maximum absolute atomic E-state index is 11.9. The minimum absolute atomic E-state index is 0.136. The van der Waals surface area contributed by atoms with Crippen molar-refractivity contribution < 1.29 is 24.1 Å². The average Bonchev–Trinajstić information content (AvgIpc) is 3.27. The highest BCUT2D eigenvalue weighted by Gasteiger charge is 2.25. The summed E-state index contributed by atoms with van der Waals surface area (Å²) in [6.07, 6.45) is 7.54. The van der Waals surface area contributed by atoms with Crippen molar-refractivity contribution in [1.29, 1.82) is 0 Å². The Morgan fingerprint density at radius 3 is 2.66 bits per heavy atom. The first-order valence-corrected chi connectivity index (χ1v) is 13.1. The van der Waals surface area contributed by atoms with Crippen LogP contribution in [0.5, 0.6) is 5.88 Å². The molecule has 1 aliphatic heterocycles. The molecule has 188 valence electrons. The summed E-state index contributed by atoms with van der Waals surface area (Å²) in [6.45, 7) is 6.14. The van der Waals surface area contributed by atoms with Crippen LogP contribution in [0.2, 0.25) is 0 Å². The molecule has 0 bridgehead atoms. The minimum atomic E-state index is -0.931. The zero-order valence-corrected chi connectivity index (χ0v) is 21.2. The number of rotatable bonds is 8. The van der Waals surface area contributed by atoms with Crippen LogP contribution in [0.1, 0.15) is 66.9 Å². The lowest BCUT2D eigenvalue weighted by molar-refractivity contribution is -0.0473. The first-order valence-electron chi connectivity index (χ1n) is 12.3. The predicted octanol–water partition coefficient (Wildman–Crippen LogP) is 5.22. The minimum Gasteiger partial charge on any atom is -0.477 e. The standard InChI is InChI=1S/C27H34N2O5S/c1-27(2,18-33-20-11-15-32-16-12-20)13-10-22-17-23(25(35-22)26(30)31)29-19-6-8-21(9-7-19)34-24-5-3-4-14-28-24/h3-5,14,17,19-21,29H,6-9,11-12,15-16,18H2,1-2H3,(H,30,31)/t19-,21-. The second-order valence-corrected chi connectivity index (χ2v) is 10.9. The summed E-state index contributed by atoms with van der Waals surface area (Å²) in [5.41, 5.74) is 0.322. The Hall–Kier alpha value is -2.60. The molecule has 2 N–H and O–H groups in total. The van der Waals surface area contributed by atoms with Crippen LogP contribution < -0.4 is 10.1 Å². The van der Waals surface area contributed by atoms with E-state index in [1.807, 2.05) is 24.3 Å². The molecule has 0 spiro atoms. The lowest BCUT2D eigenvalue weighted by Gasteiger charge is -2.29. The number of aromatic carboxylic acids is 1. The van der Waals surface area contributed by atoms with Crippen molar-refractivity contribution in [2.45, 2.75) is 70.6 Å². The number of hydrogen-bond acceptors (Lipinski definition) is 7. The Morgan fingerprint density at radius 1 is 1.20 bits per heavy atom. The van der Waals surface area contributed by atoms with Crippen LogP contribution >= 0.6 is 11.3 Å². The number of pyridine rings is 1. The lowest BCUT2D eigenvalue weighted by Crippen LogP contribution is -2.31. The maximum atomic E-state index is 11.9. The van der Waals surface area contributed by atoms with Gasteiger partial charge in [0.25, 0.3) is 0 Å². The first kappa shape index (κ1) is 25.5. The number of carbonyl (C=O) groups is 1. The molecule has 2 aromatic heterocycles. The summed E-state index contributed by atoms with van der Waals surface area (Å²) in [7, 11) is 0. The van der Waals surface area contributed by atoms with Crippen molar-refractivity contribution >= 4 is 23.0 Å². The SMILES string of the molecule is CC(C)(C#Cc1cc(N[C@H]2CC[C@H](Oc3ccccn3)CC2)c(C(=O)O)s1)COC1CCOCC1. The van der Waals surface area contributed by atoms with Gasteiger partial charge in [0.15, 0.2) is 0 Å². The van der Waals surface area contributed by atoms with E-state index in [2.05, 4.69) is 36.0 Å².